The number of hydrogen-bond donors (Lipinski definition) is 0. The van der Waals surface area contributed by atoms with Gasteiger partial charge in [-0.2, -0.15) is 0 Å². The van der Waals surface area contributed by atoms with Gasteiger partial charge >= 0.3 is 5.69 Å². The Morgan fingerprint density at radius 1 is 1.29 bits per heavy atom. The number of alkyl halides is 1. The Kier molecular flexibility index (Phi) is 5.03. The number of hydrogen-bond acceptors (Lipinski definition) is 4. The molecule has 0 radical (unpaired) electrons. The highest BCUT2D eigenvalue weighted by Crippen LogP contribution is 2.36. The second-order valence-electron chi connectivity index (χ2n) is 4.04. The van der Waals surface area contributed by atoms with Crippen LogP contribution in [-0.4, -0.2) is 12.0 Å². The Labute approximate surface area is 134 Å². The van der Waals surface area contributed by atoms with Gasteiger partial charge in [-0.1, -0.05) is 33.6 Å². The van der Waals surface area contributed by atoms with E-state index in [-0.39, 0.29) is 11.4 Å². The first-order valence-electron chi connectivity index (χ1n) is 5.90. The van der Waals surface area contributed by atoms with Gasteiger partial charge in [0, 0.05) is 15.9 Å². The number of methoxy groups -OCH3 is 1. The zero-order chi connectivity index (χ0) is 15.4. The summed E-state index contributed by atoms with van der Waals surface area (Å²) in [5.41, 5.74) is 0.620. The molecule has 0 atom stereocenters. The summed E-state index contributed by atoms with van der Waals surface area (Å²) < 4.78 is 10.6. The van der Waals surface area contributed by atoms with Crippen molar-refractivity contribution in [3.8, 4) is 17.2 Å². The lowest BCUT2D eigenvalue weighted by Crippen LogP contribution is -1.95. The van der Waals surface area contributed by atoms with Crippen LogP contribution >= 0.6 is 27.5 Å². The van der Waals surface area contributed by atoms with Crippen molar-refractivity contribution in [2.24, 2.45) is 0 Å². The van der Waals surface area contributed by atoms with E-state index in [9.17, 15) is 10.1 Å². The zero-order valence-corrected chi connectivity index (χ0v) is 13.3. The second-order valence-corrected chi connectivity index (χ2v) is 5.01. The maximum atomic E-state index is 11.0. The van der Waals surface area contributed by atoms with Crippen LogP contribution in [0, 0.1) is 10.1 Å². The van der Waals surface area contributed by atoms with Gasteiger partial charge in [0.15, 0.2) is 5.75 Å². The summed E-state index contributed by atoms with van der Waals surface area (Å²) in [6.45, 7) is 0. The SMILES string of the molecule is COc1ccc(Oc2cccc(Cl)c2CBr)cc1[N+](=O)[O-]. The van der Waals surface area contributed by atoms with Gasteiger partial charge in [-0.05, 0) is 24.3 Å². The zero-order valence-electron chi connectivity index (χ0n) is 11.0. The average Bonchev–Trinajstić information content (AvgIpc) is 2.47. The van der Waals surface area contributed by atoms with Gasteiger partial charge in [0.25, 0.3) is 0 Å². The van der Waals surface area contributed by atoms with Crippen molar-refractivity contribution >= 4 is 33.2 Å². The Morgan fingerprint density at radius 3 is 2.67 bits per heavy atom. The van der Waals surface area contributed by atoms with Crippen molar-refractivity contribution in [2.75, 3.05) is 7.11 Å². The Balaban J connectivity index is 2.39. The van der Waals surface area contributed by atoms with Crippen LogP contribution in [-0.2, 0) is 5.33 Å². The molecule has 2 aromatic rings. The van der Waals surface area contributed by atoms with Crippen molar-refractivity contribution in [3.05, 3.63) is 57.1 Å². The fourth-order valence-electron chi connectivity index (χ4n) is 1.77. The first kappa shape index (κ1) is 15.6. The van der Waals surface area contributed by atoms with Crippen molar-refractivity contribution in [1.82, 2.24) is 0 Å². The minimum Gasteiger partial charge on any atom is -0.490 e. The molecule has 0 aromatic heterocycles. The van der Waals surface area contributed by atoms with Gasteiger partial charge in [-0.25, -0.2) is 0 Å². The number of halogens is 2. The van der Waals surface area contributed by atoms with Crippen LogP contribution in [0.25, 0.3) is 0 Å². The normalized spacial score (nSPS) is 10.2. The van der Waals surface area contributed by atoms with Crippen LogP contribution in [0.1, 0.15) is 5.56 Å². The summed E-state index contributed by atoms with van der Waals surface area (Å²) in [6.07, 6.45) is 0. The van der Waals surface area contributed by atoms with Crippen molar-refractivity contribution in [3.63, 3.8) is 0 Å². The van der Waals surface area contributed by atoms with E-state index in [2.05, 4.69) is 15.9 Å². The van der Waals surface area contributed by atoms with Gasteiger partial charge in [0.1, 0.15) is 11.5 Å². The summed E-state index contributed by atoms with van der Waals surface area (Å²) in [4.78, 5) is 10.5. The molecule has 0 aliphatic heterocycles. The Bertz CT molecular complexity index is 678. The van der Waals surface area contributed by atoms with Crippen LogP contribution < -0.4 is 9.47 Å². The Hall–Kier alpha value is -1.79. The van der Waals surface area contributed by atoms with Crippen LogP contribution in [0.5, 0.6) is 17.2 Å². The summed E-state index contributed by atoms with van der Waals surface area (Å²) >= 11 is 9.43. The average molecular weight is 373 g/mol. The fraction of sp³-hybridized carbons (Fsp3) is 0.143. The number of nitro benzene ring substituents is 1. The van der Waals surface area contributed by atoms with Gasteiger partial charge in [0.2, 0.25) is 0 Å². The molecule has 0 bridgehead atoms. The third kappa shape index (κ3) is 3.46. The predicted molar refractivity (Wildman–Crippen MR) is 83.8 cm³/mol. The van der Waals surface area contributed by atoms with Crippen molar-refractivity contribution < 1.29 is 14.4 Å². The van der Waals surface area contributed by atoms with Gasteiger partial charge in [-0.15, -0.1) is 0 Å². The van der Waals surface area contributed by atoms with E-state index >= 15 is 0 Å². The minimum atomic E-state index is -0.519. The van der Waals surface area contributed by atoms with E-state index in [1.165, 1.54) is 19.2 Å². The number of rotatable bonds is 5. The second kappa shape index (κ2) is 6.78. The monoisotopic (exact) mass is 371 g/mol. The standard InChI is InChI=1S/C14H11BrClNO4/c1-20-14-6-5-9(7-12(14)17(18)19)21-13-4-2-3-11(16)10(13)8-15/h2-7H,8H2,1H3. The molecule has 110 valence electrons. The predicted octanol–water partition coefficient (Wildman–Crippen LogP) is 4.94. The molecular formula is C14H11BrClNO4. The highest BCUT2D eigenvalue weighted by Gasteiger charge is 2.17. The topological polar surface area (TPSA) is 61.6 Å². The molecule has 7 heteroatoms. The van der Waals surface area contributed by atoms with E-state index in [0.717, 1.165) is 5.56 Å². The highest BCUT2D eigenvalue weighted by molar-refractivity contribution is 9.08. The quantitative estimate of drug-likeness (QED) is 0.423. The molecule has 0 N–H and O–H groups in total. The maximum Gasteiger partial charge on any atom is 0.314 e. The van der Waals surface area contributed by atoms with Crippen LogP contribution in [0.15, 0.2) is 36.4 Å². The minimum absolute atomic E-state index is 0.155. The van der Waals surface area contributed by atoms with Crippen LogP contribution in [0.4, 0.5) is 5.69 Å². The molecule has 0 saturated heterocycles. The molecule has 0 fully saturated rings. The Morgan fingerprint density at radius 2 is 2.05 bits per heavy atom. The van der Waals surface area contributed by atoms with Gasteiger partial charge in [0.05, 0.1) is 18.1 Å². The van der Waals surface area contributed by atoms with Gasteiger partial charge in [-0.3, -0.25) is 10.1 Å². The lowest BCUT2D eigenvalue weighted by atomic mass is 10.2. The lowest BCUT2D eigenvalue weighted by Gasteiger charge is -2.11. The highest BCUT2D eigenvalue weighted by atomic mass is 79.9. The number of nitro groups is 1. The van der Waals surface area contributed by atoms with E-state index in [1.807, 2.05) is 0 Å². The molecule has 0 aliphatic rings. The number of nitrogens with zero attached hydrogens (tertiary/aromatic N) is 1. The first-order valence-corrected chi connectivity index (χ1v) is 7.40. The molecular weight excluding hydrogens is 362 g/mol. The van der Waals surface area contributed by atoms with Gasteiger partial charge < -0.3 is 9.47 Å². The summed E-state index contributed by atoms with van der Waals surface area (Å²) in [5.74, 6) is 1.06. The van der Waals surface area contributed by atoms with Crippen LogP contribution in [0.2, 0.25) is 5.02 Å². The summed E-state index contributed by atoms with van der Waals surface area (Å²) in [6, 6.07) is 9.66. The van der Waals surface area contributed by atoms with E-state index in [4.69, 9.17) is 21.1 Å². The smallest absolute Gasteiger partial charge is 0.314 e. The molecule has 0 saturated carbocycles. The fourth-order valence-corrected chi connectivity index (χ4v) is 2.74. The molecule has 0 aliphatic carbocycles. The molecule has 2 aromatic carbocycles. The van der Waals surface area contributed by atoms with Crippen LogP contribution in [0.3, 0.4) is 0 Å². The molecule has 0 heterocycles. The third-order valence-electron chi connectivity index (χ3n) is 2.78. The summed E-state index contributed by atoms with van der Waals surface area (Å²) in [5, 5.41) is 12.1. The van der Waals surface area contributed by atoms with E-state index < -0.39 is 4.92 Å². The van der Waals surface area contributed by atoms with Crippen molar-refractivity contribution in [2.45, 2.75) is 5.33 Å². The first-order chi connectivity index (χ1) is 10.1. The number of ether oxygens (including phenoxy) is 2. The van der Waals surface area contributed by atoms with E-state index in [1.54, 1.807) is 24.3 Å². The molecule has 2 rings (SSSR count). The molecule has 21 heavy (non-hydrogen) atoms. The molecule has 0 unspecified atom stereocenters. The third-order valence-corrected chi connectivity index (χ3v) is 3.70. The summed E-state index contributed by atoms with van der Waals surface area (Å²) in [7, 11) is 1.38. The molecule has 0 spiro atoms. The maximum absolute atomic E-state index is 11.0. The number of benzene rings is 2. The largest absolute Gasteiger partial charge is 0.490 e. The van der Waals surface area contributed by atoms with Crippen molar-refractivity contribution in [1.29, 1.82) is 0 Å². The molecule has 0 amide bonds. The van der Waals surface area contributed by atoms with E-state index in [0.29, 0.717) is 21.9 Å². The molecule has 5 nitrogen and oxygen atoms in total. The lowest BCUT2D eigenvalue weighted by molar-refractivity contribution is -0.385.